The fourth-order valence-electron chi connectivity index (χ4n) is 4.29. The molecule has 2 heterocycles. The highest BCUT2D eigenvalue weighted by atomic mass is 16.5. The Balaban J connectivity index is 1.77. The topological polar surface area (TPSA) is 46.6 Å². The van der Waals surface area contributed by atoms with Crippen LogP contribution in [0.5, 0.6) is 0 Å². The van der Waals surface area contributed by atoms with E-state index in [0.717, 1.165) is 32.3 Å². The predicted molar refractivity (Wildman–Crippen MR) is 92.4 cm³/mol. The largest absolute Gasteiger partial charge is 0.376 e. The van der Waals surface area contributed by atoms with Gasteiger partial charge < -0.3 is 4.74 Å². The maximum absolute atomic E-state index is 11.9. The van der Waals surface area contributed by atoms with Gasteiger partial charge in [0.2, 0.25) is 11.8 Å². The Kier molecular flexibility index (Phi) is 4.77. The first kappa shape index (κ1) is 17.2. The SMILES string of the molecule is CC1(C)CC(CCN2C(=O)CCC2=O)(Cc2ccccc2)CCO1. The van der Waals surface area contributed by atoms with Crippen LogP contribution in [-0.2, 0) is 20.7 Å². The van der Waals surface area contributed by atoms with Crippen molar-refractivity contribution in [2.24, 2.45) is 5.41 Å². The van der Waals surface area contributed by atoms with E-state index in [1.807, 2.05) is 6.07 Å². The molecule has 2 saturated heterocycles. The summed E-state index contributed by atoms with van der Waals surface area (Å²) in [4.78, 5) is 25.3. The zero-order valence-corrected chi connectivity index (χ0v) is 14.7. The van der Waals surface area contributed by atoms with Crippen molar-refractivity contribution in [1.82, 2.24) is 4.90 Å². The number of carbonyl (C=O) groups excluding carboxylic acids is 2. The van der Waals surface area contributed by atoms with Gasteiger partial charge in [0, 0.05) is 26.0 Å². The zero-order chi connectivity index (χ0) is 17.2. The minimum atomic E-state index is -0.161. The molecule has 2 amide bonds. The van der Waals surface area contributed by atoms with Gasteiger partial charge in [0.25, 0.3) is 0 Å². The van der Waals surface area contributed by atoms with Crippen molar-refractivity contribution in [2.45, 2.75) is 58.0 Å². The molecule has 4 heteroatoms. The minimum absolute atomic E-state index is 0.0128. The lowest BCUT2D eigenvalue weighted by atomic mass is 9.68. The number of benzene rings is 1. The quantitative estimate of drug-likeness (QED) is 0.778. The van der Waals surface area contributed by atoms with Gasteiger partial charge in [0.05, 0.1) is 5.60 Å². The Morgan fingerprint density at radius 2 is 1.75 bits per heavy atom. The summed E-state index contributed by atoms with van der Waals surface area (Å²) in [5, 5.41) is 0. The van der Waals surface area contributed by atoms with Crippen molar-refractivity contribution in [3.63, 3.8) is 0 Å². The molecular formula is C20H27NO3. The van der Waals surface area contributed by atoms with Crippen LogP contribution in [0.15, 0.2) is 30.3 Å². The molecule has 24 heavy (non-hydrogen) atoms. The van der Waals surface area contributed by atoms with Crippen molar-refractivity contribution < 1.29 is 14.3 Å². The molecule has 0 aromatic heterocycles. The molecule has 130 valence electrons. The lowest BCUT2D eigenvalue weighted by molar-refractivity contribution is -0.140. The van der Waals surface area contributed by atoms with Crippen LogP contribution >= 0.6 is 0 Å². The summed E-state index contributed by atoms with van der Waals surface area (Å²) >= 11 is 0. The molecule has 3 rings (SSSR count). The summed E-state index contributed by atoms with van der Waals surface area (Å²) in [6.45, 7) is 5.55. The summed E-state index contributed by atoms with van der Waals surface area (Å²) in [6.07, 6.45) is 4.49. The molecule has 1 unspecified atom stereocenters. The molecule has 1 aromatic rings. The number of nitrogens with zero attached hydrogens (tertiary/aromatic N) is 1. The smallest absolute Gasteiger partial charge is 0.229 e. The maximum atomic E-state index is 11.9. The van der Waals surface area contributed by atoms with Crippen molar-refractivity contribution in [1.29, 1.82) is 0 Å². The third-order valence-electron chi connectivity index (χ3n) is 5.37. The molecule has 2 fully saturated rings. The average molecular weight is 329 g/mol. The predicted octanol–water partition coefficient (Wildman–Crippen LogP) is 3.34. The Morgan fingerprint density at radius 1 is 1.08 bits per heavy atom. The van der Waals surface area contributed by atoms with E-state index < -0.39 is 0 Å². The monoisotopic (exact) mass is 329 g/mol. The van der Waals surface area contributed by atoms with Crippen molar-refractivity contribution in [3.8, 4) is 0 Å². The second-order valence-electron chi connectivity index (χ2n) is 7.89. The van der Waals surface area contributed by atoms with Crippen LogP contribution in [-0.4, -0.2) is 35.5 Å². The second-order valence-corrected chi connectivity index (χ2v) is 7.89. The first-order valence-electron chi connectivity index (χ1n) is 8.90. The second kappa shape index (κ2) is 6.67. The van der Waals surface area contributed by atoms with Gasteiger partial charge in [-0.1, -0.05) is 30.3 Å². The van der Waals surface area contributed by atoms with Crippen LogP contribution in [0.3, 0.4) is 0 Å². The molecule has 0 N–H and O–H groups in total. The van der Waals surface area contributed by atoms with Gasteiger partial charge in [-0.15, -0.1) is 0 Å². The Labute approximate surface area is 144 Å². The minimum Gasteiger partial charge on any atom is -0.376 e. The molecule has 0 radical (unpaired) electrons. The molecule has 2 aliphatic rings. The fourth-order valence-corrected chi connectivity index (χ4v) is 4.29. The molecule has 0 spiro atoms. The summed E-state index contributed by atoms with van der Waals surface area (Å²) in [6, 6.07) is 10.5. The van der Waals surface area contributed by atoms with Crippen LogP contribution < -0.4 is 0 Å². The molecule has 0 bridgehead atoms. The number of imide groups is 1. The summed E-state index contributed by atoms with van der Waals surface area (Å²) in [7, 11) is 0. The maximum Gasteiger partial charge on any atom is 0.229 e. The third-order valence-corrected chi connectivity index (χ3v) is 5.37. The van der Waals surface area contributed by atoms with Crippen molar-refractivity contribution in [3.05, 3.63) is 35.9 Å². The molecule has 1 aromatic carbocycles. The standard InChI is InChI=1S/C20H27NO3/c1-19(2)15-20(11-13-24-19,14-16-6-4-3-5-7-16)10-12-21-17(22)8-9-18(21)23/h3-7H,8-15H2,1-2H3. The molecule has 1 atom stereocenters. The van der Waals surface area contributed by atoms with Crippen LogP contribution in [0.4, 0.5) is 0 Å². The van der Waals surface area contributed by atoms with Gasteiger partial charge >= 0.3 is 0 Å². The van der Waals surface area contributed by atoms with Crippen LogP contribution in [0.25, 0.3) is 0 Å². The van der Waals surface area contributed by atoms with E-state index in [9.17, 15) is 9.59 Å². The number of hydrogen-bond acceptors (Lipinski definition) is 3. The van der Waals surface area contributed by atoms with Crippen molar-refractivity contribution in [2.75, 3.05) is 13.2 Å². The molecule has 4 nitrogen and oxygen atoms in total. The van der Waals surface area contributed by atoms with E-state index in [1.165, 1.54) is 10.5 Å². The summed E-state index contributed by atoms with van der Waals surface area (Å²) < 4.78 is 5.92. The zero-order valence-electron chi connectivity index (χ0n) is 14.7. The lowest BCUT2D eigenvalue weighted by Crippen LogP contribution is -2.44. The third kappa shape index (κ3) is 3.86. The van der Waals surface area contributed by atoms with Crippen LogP contribution in [0.1, 0.15) is 51.5 Å². The first-order valence-corrected chi connectivity index (χ1v) is 8.90. The van der Waals surface area contributed by atoms with E-state index in [4.69, 9.17) is 4.74 Å². The van der Waals surface area contributed by atoms with Gasteiger partial charge in [-0.3, -0.25) is 14.5 Å². The lowest BCUT2D eigenvalue weighted by Gasteiger charge is -2.45. The van der Waals surface area contributed by atoms with E-state index in [1.54, 1.807) is 0 Å². The number of carbonyl (C=O) groups is 2. The van der Waals surface area contributed by atoms with Gasteiger partial charge in [-0.05, 0) is 50.5 Å². The average Bonchev–Trinajstić information content (AvgIpc) is 2.84. The molecule has 0 aliphatic carbocycles. The van der Waals surface area contributed by atoms with E-state index >= 15 is 0 Å². The van der Waals surface area contributed by atoms with Gasteiger partial charge in [-0.25, -0.2) is 0 Å². The molecular weight excluding hydrogens is 302 g/mol. The number of ether oxygens (including phenoxy) is 1. The molecule has 0 saturated carbocycles. The normalized spacial score (nSPS) is 26.8. The first-order chi connectivity index (χ1) is 11.4. The Morgan fingerprint density at radius 3 is 2.38 bits per heavy atom. The van der Waals surface area contributed by atoms with Gasteiger partial charge in [-0.2, -0.15) is 0 Å². The van der Waals surface area contributed by atoms with Crippen LogP contribution in [0.2, 0.25) is 0 Å². The Hall–Kier alpha value is -1.68. The number of likely N-dealkylation sites (tertiary alicyclic amines) is 1. The highest BCUT2D eigenvalue weighted by Crippen LogP contribution is 2.44. The van der Waals surface area contributed by atoms with Crippen molar-refractivity contribution >= 4 is 11.8 Å². The summed E-state index contributed by atoms with van der Waals surface area (Å²) in [5.41, 5.74) is 1.23. The van der Waals surface area contributed by atoms with Gasteiger partial charge in [0.15, 0.2) is 0 Å². The number of hydrogen-bond donors (Lipinski definition) is 0. The highest BCUT2D eigenvalue weighted by molar-refractivity contribution is 6.01. The number of rotatable bonds is 5. The fraction of sp³-hybridized carbons (Fsp3) is 0.600. The highest BCUT2D eigenvalue weighted by Gasteiger charge is 2.42. The number of amides is 2. The van der Waals surface area contributed by atoms with E-state index in [0.29, 0.717) is 19.4 Å². The summed E-state index contributed by atoms with van der Waals surface area (Å²) in [5.74, 6) is -0.0256. The van der Waals surface area contributed by atoms with E-state index in [-0.39, 0.29) is 22.8 Å². The Bertz CT molecular complexity index is 595. The van der Waals surface area contributed by atoms with Crippen LogP contribution in [0, 0.1) is 5.41 Å². The molecule has 2 aliphatic heterocycles. The van der Waals surface area contributed by atoms with Gasteiger partial charge in [0.1, 0.15) is 0 Å². The van der Waals surface area contributed by atoms with E-state index in [2.05, 4.69) is 38.1 Å².